The number of aryl methyl sites for hydroxylation is 2. The van der Waals surface area contributed by atoms with Gasteiger partial charge in [0.05, 0.1) is 6.04 Å². The lowest BCUT2D eigenvalue weighted by molar-refractivity contribution is -0.136. The van der Waals surface area contributed by atoms with Gasteiger partial charge in [0.25, 0.3) is 0 Å². The lowest BCUT2D eigenvalue weighted by atomic mass is 9.92. The zero-order valence-corrected chi connectivity index (χ0v) is 16.4. The highest BCUT2D eigenvalue weighted by Gasteiger charge is 2.29. The van der Waals surface area contributed by atoms with E-state index in [0.29, 0.717) is 0 Å². The number of carbonyl (C=O) groups excluding carboxylic acids is 1. The Bertz CT molecular complexity index is 743. The van der Waals surface area contributed by atoms with Crippen LogP contribution in [0.15, 0.2) is 48.5 Å². The molecule has 0 saturated carbocycles. The molecule has 26 heavy (non-hydrogen) atoms. The third-order valence-electron chi connectivity index (χ3n) is 5.36. The third-order valence-corrected chi connectivity index (χ3v) is 5.36. The second kappa shape index (κ2) is 8.05. The largest absolute Gasteiger partial charge is 0.340 e. The van der Waals surface area contributed by atoms with Crippen LogP contribution in [-0.2, 0) is 4.79 Å². The lowest BCUT2D eigenvalue weighted by Crippen LogP contribution is -2.50. The van der Waals surface area contributed by atoms with Gasteiger partial charge in [-0.15, -0.1) is 0 Å². The number of carbonyl (C=O) groups is 1. The minimum atomic E-state index is 0.0748. The SMILES string of the molecule is Cc1ccc(C(c2ccccc2C)N2CCN(C(=O)C(C)C)CC2)cc1. The van der Waals surface area contributed by atoms with Gasteiger partial charge in [-0.05, 0) is 30.5 Å². The molecule has 1 unspecified atom stereocenters. The maximum absolute atomic E-state index is 12.3. The van der Waals surface area contributed by atoms with E-state index in [-0.39, 0.29) is 17.9 Å². The standard InChI is InChI=1S/C23H30N2O/c1-17(2)23(26)25-15-13-24(14-16-25)22(20-11-9-18(3)10-12-20)21-8-6-5-7-19(21)4/h5-12,17,22H,13-16H2,1-4H3. The quantitative estimate of drug-likeness (QED) is 0.825. The first kappa shape index (κ1) is 18.7. The molecule has 3 heteroatoms. The second-order valence-corrected chi connectivity index (χ2v) is 7.69. The fraction of sp³-hybridized carbons (Fsp3) is 0.435. The summed E-state index contributed by atoms with van der Waals surface area (Å²) in [7, 11) is 0. The summed E-state index contributed by atoms with van der Waals surface area (Å²) in [5.41, 5.74) is 5.29. The first-order valence-electron chi connectivity index (χ1n) is 9.62. The summed E-state index contributed by atoms with van der Waals surface area (Å²) in [6.45, 7) is 11.7. The summed E-state index contributed by atoms with van der Waals surface area (Å²) in [5.74, 6) is 0.346. The molecule has 3 nitrogen and oxygen atoms in total. The highest BCUT2D eigenvalue weighted by molar-refractivity contribution is 5.78. The van der Waals surface area contributed by atoms with E-state index >= 15 is 0 Å². The summed E-state index contributed by atoms with van der Waals surface area (Å²) in [5, 5.41) is 0. The molecule has 138 valence electrons. The first-order chi connectivity index (χ1) is 12.5. The predicted molar refractivity (Wildman–Crippen MR) is 107 cm³/mol. The molecule has 0 aromatic heterocycles. The van der Waals surface area contributed by atoms with Crippen molar-refractivity contribution in [3.8, 4) is 0 Å². The van der Waals surface area contributed by atoms with Gasteiger partial charge in [-0.1, -0.05) is 67.9 Å². The number of hydrogen-bond donors (Lipinski definition) is 0. The molecule has 1 aliphatic rings. The Balaban J connectivity index is 1.87. The number of piperazine rings is 1. The zero-order valence-electron chi connectivity index (χ0n) is 16.4. The van der Waals surface area contributed by atoms with E-state index < -0.39 is 0 Å². The van der Waals surface area contributed by atoms with Gasteiger partial charge in [0.15, 0.2) is 0 Å². The number of amides is 1. The normalized spacial score (nSPS) is 16.7. The Labute approximate surface area is 157 Å². The third kappa shape index (κ3) is 3.99. The maximum atomic E-state index is 12.3. The van der Waals surface area contributed by atoms with E-state index in [4.69, 9.17) is 0 Å². The minimum absolute atomic E-state index is 0.0748. The second-order valence-electron chi connectivity index (χ2n) is 7.69. The monoisotopic (exact) mass is 350 g/mol. The smallest absolute Gasteiger partial charge is 0.225 e. The van der Waals surface area contributed by atoms with Crippen LogP contribution in [0.25, 0.3) is 0 Å². The first-order valence-corrected chi connectivity index (χ1v) is 9.62. The average Bonchev–Trinajstić information content (AvgIpc) is 2.65. The molecular formula is C23H30N2O. The number of hydrogen-bond acceptors (Lipinski definition) is 2. The molecule has 1 atom stereocenters. The molecule has 0 N–H and O–H groups in total. The van der Waals surface area contributed by atoms with Crippen molar-refractivity contribution in [1.82, 2.24) is 9.80 Å². The molecule has 2 aromatic rings. The molecule has 1 amide bonds. The van der Waals surface area contributed by atoms with E-state index in [2.05, 4.69) is 67.3 Å². The minimum Gasteiger partial charge on any atom is -0.340 e. The highest BCUT2D eigenvalue weighted by atomic mass is 16.2. The summed E-state index contributed by atoms with van der Waals surface area (Å²) in [6, 6.07) is 17.8. The van der Waals surface area contributed by atoms with Crippen LogP contribution in [-0.4, -0.2) is 41.9 Å². The van der Waals surface area contributed by atoms with Gasteiger partial charge in [-0.3, -0.25) is 9.69 Å². The van der Waals surface area contributed by atoms with Crippen LogP contribution < -0.4 is 0 Å². The number of rotatable bonds is 4. The highest BCUT2D eigenvalue weighted by Crippen LogP contribution is 2.32. The van der Waals surface area contributed by atoms with Gasteiger partial charge in [0, 0.05) is 32.1 Å². The Morgan fingerprint density at radius 1 is 0.885 bits per heavy atom. The van der Waals surface area contributed by atoms with Gasteiger partial charge in [-0.2, -0.15) is 0 Å². The predicted octanol–water partition coefficient (Wildman–Crippen LogP) is 4.19. The number of benzene rings is 2. The van der Waals surface area contributed by atoms with E-state index in [1.807, 2.05) is 18.7 Å². The van der Waals surface area contributed by atoms with Crippen molar-refractivity contribution < 1.29 is 4.79 Å². The van der Waals surface area contributed by atoms with Crippen LogP contribution in [0.4, 0.5) is 0 Å². The Morgan fingerprint density at radius 3 is 2.08 bits per heavy atom. The van der Waals surface area contributed by atoms with Crippen molar-refractivity contribution in [3.63, 3.8) is 0 Å². The van der Waals surface area contributed by atoms with Crippen molar-refractivity contribution in [1.29, 1.82) is 0 Å². The molecule has 1 saturated heterocycles. The molecule has 0 bridgehead atoms. The topological polar surface area (TPSA) is 23.6 Å². The van der Waals surface area contributed by atoms with Crippen LogP contribution in [0.2, 0.25) is 0 Å². The molecule has 2 aromatic carbocycles. The van der Waals surface area contributed by atoms with E-state index in [9.17, 15) is 4.79 Å². The lowest BCUT2D eigenvalue weighted by Gasteiger charge is -2.40. The zero-order chi connectivity index (χ0) is 18.7. The number of nitrogens with zero attached hydrogens (tertiary/aromatic N) is 2. The van der Waals surface area contributed by atoms with E-state index in [1.54, 1.807) is 0 Å². The van der Waals surface area contributed by atoms with Crippen molar-refractivity contribution in [2.24, 2.45) is 5.92 Å². The summed E-state index contributed by atoms with van der Waals surface area (Å²) in [6.07, 6.45) is 0. The van der Waals surface area contributed by atoms with Crippen LogP contribution in [0, 0.1) is 19.8 Å². The van der Waals surface area contributed by atoms with Gasteiger partial charge in [0.2, 0.25) is 5.91 Å². The van der Waals surface area contributed by atoms with Crippen LogP contribution >= 0.6 is 0 Å². The van der Waals surface area contributed by atoms with Crippen molar-refractivity contribution in [2.45, 2.75) is 33.7 Å². The summed E-state index contributed by atoms with van der Waals surface area (Å²) >= 11 is 0. The summed E-state index contributed by atoms with van der Waals surface area (Å²) < 4.78 is 0. The Morgan fingerprint density at radius 2 is 1.50 bits per heavy atom. The fourth-order valence-corrected chi connectivity index (χ4v) is 3.80. The van der Waals surface area contributed by atoms with Crippen LogP contribution in [0.3, 0.4) is 0 Å². The molecule has 0 radical (unpaired) electrons. The van der Waals surface area contributed by atoms with Crippen molar-refractivity contribution >= 4 is 5.91 Å². The van der Waals surface area contributed by atoms with Gasteiger partial charge < -0.3 is 4.90 Å². The molecule has 3 rings (SSSR count). The molecule has 0 spiro atoms. The van der Waals surface area contributed by atoms with Crippen molar-refractivity contribution in [3.05, 3.63) is 70.8 Å². The average molecular weight is 351 g/mol. The fourth-order valence-electron chi connectivity index (χ4n) is 3.80. The van der Waals surface area contributed by atoms with Crippen LogP contribution in [0.5, 0.6) is 0 Å². The summed E-state index contributed by atoms with van der Waals surface area (Å²) in [4.78, 5) is 16.9. The molecule has 1 fully saturated rings. The van der Waals surface area contributed by atoms with Gasteiger partial charge in [0.1, 0.15) is 0 Å². The van der Waals surface area contributed by atoms with Gasteiger partial charge >= 0.3 is 0 Å². The van der Waals surface area contributed by atoms with E-state index in [1.165, 1.54) is 22.3 Å². The van der Waals surface area contributed by atoms with Crippen molar-refractivity contribution in [2.75, 3.05) is 26.2 Å². The maximum Gasteiger partial charge on any atom is 0.225 e. The van der Waals surface area contributed by atoms with Gasteiger partial charge in [-0.25, -0.2) is 0 Å². The Hall–Kier alpha value is -2.13. The molecule has 1 aliphatic heterocycles. The Kier molecular flexibility index (Phi) is 5.77. The van der Waals surface area contributed by atoms with Crippen LogP contribution in [0.1, 0.15) is 42.1 Å². The van der Waals surface area contributed by atoms with E-state index in [0.717, 1.165) is 26.2 Å². The molecule has 0 aliphatic carbocycles. The molecule has 1 heterocycles. The molecular weight excluding hydrogens is 320 g/mol.